The van der Waals surface area contributed by atoms with E-state index in [-0.39, 0.29) is 12.5 Å². The SMILES string of the molecule is COC(=O)c1sc2nc(CNC(C)(C)CO)ccc2c1NC(C)=O. The van der Waals surface area contributed by atoms with Gasteiger partial charge in [0.1, 0.15) is 9.71 Å². The molecule has 0 aliphatic rings. The normalized spacial score (nSPS) is 11.5. The summed E-state index contributed by atoms with van der Waals surface area (Å²) in [6, 6.07) is 3.64. The number of fused-ring (bicyclic) bond motifs is 1. The molecule has 0 fully saturated rings. The Hall–Kier alpha value is -2.03. The van der Waals surface area contributed by atoms with Crippen molar-refractivity contribution < 1.29 is 19.4 Å². The molecule has 0 saturated carbocycles. The number of methoxy groups -OCH3 is 1. The number of anilines is 1. The number of amides is 1. The Bertz CT molecular complexity index is 770. The summed E-state index contributed by atoms with van der Waals surface area (Å²) in [5.41, 5.74) is 0.790. The lowest BCUT2D eigenvalue weighted by Crippen LogP contribution is -2.42. The number of rotatable bonds is 6. The van der Waals surface area contributed by atoms with E-state index in [4.69, 9.17) is 4.74 Å². The number of hydrogen-bond acceptors (Lipinski definition) is 7. The van der Waals surface area contributed by atoms with Gasteiger partial charge in [-0.15, -0.1) is 11.3 Å². The lowest BCUT2D eigenvalue weighted by Gasteiger charge is -2.23. The van der Waals surface area contributed by atoms with Crippen molar-refractivity contribution in [1.82, 2.24) is 10.3 Å². The van der Waals surface area contributed by atoms with E-state index in [2.05, 4.69) is 15.6 Å². The summed E-state index contributed by atoms with van der Waals surface area (Å²) in [5.74, 6) is -0.780. The zero-order valence-electron chi connectivity index (χ0n) is 14.1. The van der Waals surface area contributed by atoms with Crippen molar-refractivity contribution in [3.05, 3.63) is 22.7 Å². The van der Waals surface area contributed by atoms with Crippen LogP contribution in [0.2, 0.25) is 0 Å². The molecule has 0 aliphatic heterocycles. The number of nitrogens with zero attached hydrogens (tertiary/aromatic N) is 1. The van der Waals surface area contributed by atoms with Crippen LogP contribution in [-0.2, 0) is 16.1 Å². The molecule has 1 amide bonds. The summed E-state index contributed by atoms with van der Waals surface area (Å²) in [6.07, 6.45) is 0. The van der Waals surface area contributed by atoms with Gasteiger partial charge in [-0.3, -0.25) is 4.79 Å². The second-order valence-electron chi connectivity index (χ2n) is 6.03. The highest BCUT2D eigenvalue weighted by Gasteiger charge is 2.21. The van der Waals surface area contributed by atoms with Gasteiger partial charge in [0.2, 0.25) is 5.91 Å². The largest absolute Gasteiger partial charge is 0.465 e. The van der Waals surface area contributed by atoms with Crippen molar-refractivity contribution in [1.29, 1.82) is 0 Å². The summed E-state index contributed by atoms with van der Waals surface area (Å²) >= 11 is 1.17. The van der Waals surface area contributed by atoms with Crippen molar-refractivity contribution in [3.8, 4) is 0 Å². The quantitative estimate of drug-likeness (QED) is 0.687. The van der Waals surface area contributed by atoms with Crippen LogP contribution < -0.4 is 10.6 Å². The number of pyridine rings is 1. The van der Waals surface area contributed by atoms with Crippen molar-refractivity contribution in [2.24, 2.45) is 0 Å². The molecule has 8 heteroatoms. The van der Waals surface area contributed by atoms with Crippen LogP contribution in [0.15, 0.2) is 12.1 Å². The zero-order chi connectivity index (χ0) is 17.9. The monoisotopic (exact) mass is 351 g/mol. The van der Waals surface area contributed by atoms with Gasteiger partial charge in [-0.1, -0.05) is 0 Å². The minimum Gasteiger partial charge on any atom is -0.465 e. The number of hydrogen-bond donors (Lipinski definition) is 3. The zero-order valence-corrected chi connectivity index (χ0v) is 14.9. The Morgan fingerprint density at radius 3 is 2.67 bits per heavy atom. The molecular weight excluding hydrogens is 330 g/mol. The van der Waals surface area contributed by atoms with Crippen LogP contribution in [-0.4, -0.2) is 41.2 Å². The molecule has 0 atom stereocenters. The summed E-state index contributed by atoms with van der Waals surface area (Å²) < 4.78 is 4.78. The van der Waals surface area contributed by atoms with Crippen LogP contribution in [0.1, 0.15) is 36.1 Å². The second-order valence-corrected chi connectivity index (χ2v) is 7.03. The molecule has 0 bridgehead atoms. The highest BCUT2D eigenvalue weighted by Crippen LogP contribution is 2.35. The lowest BCUT2D eigenvalue weighted by atomic mass is 10.1. The summed E-state index contributed by atoms with van der Waals surface area (Å²) in [7, 11) is 1.30. The van der Waals surface area contributed by atoms with Crippen LogP contribution in [0.25, 0.3) is 10.2 Å². The van der Waals surface area contributed by atoms with Gasteiger partial charge in [0.25, 0.3) is 0 Å². The van der Waals surface area contributed by atoms with Gasteiger partial charge < -0.3 is 20.5 Å². The first-order valence-corrected chi connectivity index (χ1v) is 8.23. The topological polar surface area (TPSA) is 101 Å². The maximum absolute atomic E-state index is 11.9. The van der Waals surface area contributed by atoms with Crippen LogP contribution in [0.4, 0.5) is 5.69 Å². The summed E-state index contributed by atoms with van der Waals surface area (Å²) in [5, 5.41) is 15.9. The van der Waals surface area contributed by atoms with E-state index < -0.39 is 11.5 Å². The summed E-state index contributed by atoms with van der Waals surface area (Å²) in [6.45, 7) is 5.65. The highest BCUT2D eigenvalue weighted by molar-refractivity contribution is 7.21. The molecule has 2 aromatic rings. The maximum atomic E-state index is 11.9. The third kappa shape index (κ3) is 4.08. The van der Waals surface area contributed by atoms with Crippen LogP contribution in [0, 0.1) is 0 Å². The van der Waals surface area contributed by atoms with Crippen molar-refractivity contribution in [3.63, 3.8) is 0 Å². The highest BCUT2D eigenvalue weighted by atomic mass is 32.1. The van der Waals surface area contributed by atoms with Gasteiger partial charge in [-0.05, 0) is 26.0 Å². The Balaban J connectivity index is 2.39. The molecule has 2 heterocycles. The number of aliphatic hydroxyl groups excluding tert-OH is 1. The average Bonchev–Trinajstić information content (AvgIpc) is 2.89. The maximum Gasteiger partial charge on any atom is 0.350 e. The number of nitrogens with one attached hydrogen (secondary N) is 2. The predicted molar refractivity (Wildman–Crippen MR) is 93.3 cm³/mol. The summed E-state index contributed by atoms with van der Waals surface area (Å²) in [4.78, 5) is 28.8. The molecular formula is C16H21N3O4S. The third-order valence-electron chi connectivity index (χ3n) is 3.43. The Labute approximate surface area is 144 Å². The molecule has 130 valence electrons. The van der Waals surface area contributed by atoms with Crippen molar-refractivity contribution in [2.45, 2.75) is 32.9 Å². The first kappa shape index (κ1) is 18.3. The van der Waals surface area contributed by atoms with E-state index in [0.717, 1.165) is 5.69 Å². The van der Waals surface area contributed by atoms with E-state index >= 15 is 0 Å². The van der Waals surface area contributed by atoms with E-state index in [9.17, 15) is 14.7 Å². The van der Waals surface area contributed by atoms with Crippen LogP contribution in [0.5, 0.6) is 0 Å². The van der Waals surface area contributed by atoms with Crippen molar-refractivity contribution in [2.75, 3.05) is 19.0 Å². The standard InChI is InChI=1S/C16H21N3O4S/c1-9(21)18-12-11-6-5-10(7-17-16(2,3)8-20)19-14(11)24-13(12)15(22)23-4/h5-6,17,20H,7-8H2,1-4H3,(H,18,21). The second kappa shape index (κ2) is 7.25. The average molecular weight is 351 g/mol. The number of thiophene rings is 1. The predicted octanol–water partition coefficient (Wildman–Crippen LogP) is 1.90. The van der Waals surface area contributed by atoms with E-state index in [0.29, 0.717) is 27.3 Å². The van der Waals surface area contributed by atoms with E-state index in [1.807, 2.05) is 26.0 Å². The van der Waals surface area contributed by atoms with Gasteiger partial charge in [0.05, 0.1) is 25.1 Å². The van der Waals surface area contributed by atoms with Gasteiger partial charge >= 0.3 is 5.97 Å². The van der Waals surface area contributed by atoms with Gasteiger partial charge in [0.15, 0.2) is 0 Å². The van der Waals surface area contributed by atoms with Gasteiger partial charge in [-0.2, -0.15) is 0 Å². The molecule has 0 spiro atoms. The molecule has 7 nitrogen and oxygen atoms in total. The first-order valence-electron chi connectivity index (χ1n) is 7.41. The smallest absolute Gasteiger partial charge is 0.350 e. The van der Waals surface area contributed by atoms with Crippen LogP contribution >= 0.6 is 11.3 Å². The molecule has 3 N–H and O–H groups in total. The van der Waals surface area contributed by atoms with Gasteiger partial charge in [-0.25, -0.2) is 9.78 Å². The van der Waals surface area contributed by atoms with Crippen molar-refractivity contribution >= 4 is 39.1 Å². The molecule has 24 heavy (non-hydrogen) atoms. The fourth-order valence-electron chi connectivity index (χ4n) is 2.04. The molecule has 2 rings (SSSR count). The molecule has 2 aromatic heterocycles. The number of carbonyl (C=O) groups is 2. The molecule has 0 unspecified atom stereocenters. The fourth-order valence-corrected chi connectivity index (χ4v) is 3.10. The number of carbonyl (C=O) groups excluding carboxylic acids is 2. The fraction of sp³-hybridized carbons (Fsp3) is 0.438. The minimum atomic E-state index is -0.511. The molecule has 0 aromatic carbocycles. The molecule has 0 aliphatic carbocycles. The Morgan fingerprint density at radius 1 is 1.38 bits per heavy atom. The third-order valence-corrected chi connectivity index (χ3v) is 4.51. The van der Waals surface area contributed by atoms with Crippen LogP contribution in [0.3, 0.4) is 0 Å². The number of esters is 1. The van der Waals surface area contributed by atoms with E-state index in [1.165, 1.54) is 25.4 Å². The van der Waals surface area contributed by atoms with E-state index in [1.54, 1.807) is 0 Å². The molecule has 0 radical (unpaired) electrons. The first-order chi connectivity index (χ1) is 11.3. The minimum absolute atomic E-state index is 0.00736. The van der Waals surface area contributed by atoms with Gasteiger partial charge in [0, 0.05) is 24.4 Å². The lowest BCUT2D eigenvalue weighted by molar-refractivity contribution is -0.114. The number of aliphatic hydroxyl groups is 1. The Morgan fingerprint density at radius 2 is 2.08 bits per heavy atom. The molecule has 0 saturated heterocycles. The number of ether oxygens (including phenoxy) is 1. The number of aromatic nitrogens is 1. The Kier molecular flexibility index (Phi) is 5.53.